The van der Waals surface area contributed by atoms with Gasteiger partial charge in [-0.3, -0.25) is 0 Å². The topological polar surface area (TPSA) is 35.2 Å². The summed E-state index contributed by atoms with van der Waals surface area (Å²) < 4.78 is 18.7. The Morgan fingerprint density at radius 1 is 1.53 bits per heavy atom. The molecule has 0 aromatic heterocycles. The fourth-order valence-electron chi connectivity index (χ4n) is 2.66. The molecule has 1 aliphatic rings. The second kappa shape index (κ2) is 5.61. The van der Waals surface area contributed by atoms with Gasteiger partial charge < -0.3 is 10.5 Å². The van der Waals surface area contributed by atoms with E-state index in [0.29, 0.717) is 5.92 Å². The van der Waals surface area contributed by atoms with E-state index in [0.717, 1.165) is 31.4 Å². The zero-order chi connectivity index (χ0) is 12.3. The van der Waals surface area contributed by atoms with E-state index < -0.39 is 0 Å². The summed E-state index contributed by atoms with van der Waals surface area (Å²) in [6.45, 7) is 2.93. The predicted molar refractivity (Wildman–Crippen MR) is 66.2 cm³/mol. The highest BCUT2D eigenvalue weighted by Gasteiger charge is 2.31. The van der Waals surface area contributed by atoms with Gasteiger partial charge in [0.2, 0.25) is 0 Å². The normalized spacial score (nSPS) is 26.1. The standard InChI is InChI=1S/C14H20FNO/c1-2-14-12(6-7-17-14)13(16)9-10-4-3-5-11(15)8-10/h3-5,8,12-14H,2,6-7,9,16H2,1H3. The molecule has 0 amide bonds. The van der Waals surface area contributed by atoms with Crippen LogP contribution in [0.4, 0.5) is 4.39 Å². The largest absolute Gasteiger partial charge is 0.378 e. The fraction of sp³-hybridized carbons (Fsp3) is 0.571. The molecule has 0 saturated carbocycles. The lowest BCUT2D eigenvalue weighted by molar-refractivity contribution is 0.0814. The Kier molecular flexibility index (Phi) is 4.13. The summed E-state index contributed by atoms with van der Waals surface area (Å²) >= 11 is 0. The van der Waals surface area contributed by atoms with Gasteiger partial charge in [0.25, 0.3) is 0 Å². The average Bonchev–Trinajstić information content (AvgIpc) is 2.77. The Bertz CT molecular complexity index is 369. The summed E-state index contributed by atoms with van der Waals surface area (Å²) in [7, 11) is 0. The van der Waals surface area contributed by atoms with Crippen molar-refractivity contribution in [1.82, 2.24) is 0 Å². The summed E-state index contributed by atoms with van der Waals surface area (Å²) in [5, 5.41) is 0. The maximum atomic E-state index is 13.1. The third kappa shape index (κ3) is 3.05. The van der Waals surface area contributed by atoms with Crippen LogP contribution in [-0.4, -0.2) is 18.8 Å². The summed E-state index contributed by atoms with van der Waals surface area (Å²) in [5.41, 5.74) is 7.20. The minimum atomic E-state index is -0.190. The zero-order valence-electron chi connectivity index (χ0n) is 10.2. The summed E-state index contributed by atoms with van der Waals surface area (Å²) in [6, 6.07) is 6.75. The van der Waals surface area contributed by atoms with Crippen LogP contribution in [0.25, 0.3) is 0 Å². The highest BCUT2D eigenvalue weighted by Crippen LogP contribution is 2.27. The molecule has 0 radical (unpaired) electrons. The Hall–Kier alpha value is -0.930. The first kappa shape index (κ1) is 12.5. The van der Waals surface area contributed by atoms with Gasteiger partial charge in [0.1, 0.15) is 5.82 Å². The van der Waals surface area contributed by atoms with Crippen LogP contribution in [0, 0.1) is 11.7 Å². The van der Waals surface area contributed by atoms with Crippen LogP contribution in [0.1, 0.15) is 25.3 Å². The molecule has 1 aromatic carbocycles. The van der Waals surface area contributed by atoms with Crippen molar-refractivity contribution in [1.29, 1.82) is 0 Å². The maximum Gasteiger partial charge on any atom is 0.123 e. The molecule has 94 valence electrons. The van der Waals surface area contributed by atoms with Crippen LogP contribution in [0.3, 0.4) is 0 Å². The molecule has 3 atom stereocenters. The zero-order valence-corrected chi connectivity index (χ0v) is 10.2. The van der Waals surface area contributed by atoms with Gasteiger partial charge in [-0.05, 0) is 37.0 Å². The fourth-order valence-corrected chi connectivity index (χ4v) is 2.66. The lowest BCUT2D eigenvalue weighted by Gasteiger charge is -2.23. The molecule has 3 heteroatoms. The Balaban J connectivity index is 1.99. The van der Waals surface area contributed by atoms with E-state index in [-0.39, 0.29) is 18.0 Å². The third-order valence-corrected chi connectivity index (χ3v) is 3.57. The average molecular weight is 237 g/mol. The molecule has 1 aliphatic heterocycles. The molecule has 2 nitrogen and oxygen atoms in total. The smallest absolute Gasteiger partial charge is 0.123 e. The molecule has 2 rings (SSSR count). The van der Waals surface area contributed by atoms with Gasteiger partial charge in [0.15, 0.2) is 0 Å². The van der Waals surface area contributed by atoms with Crippen molar-refractivity contribution in [3.8, 4) is 0 Å². The number of hydrogen-bond donors (Lipinski definition) is 1. The third-order valence-electron chi connectivity index (χ3n) is 3.57. The predicted octanol–water partition coefficient (Wildman–Crippen LogP) is 2.51. The van der Waals surface area contributed by atoms with Crippen molar-refractivity contribution in [2.45, 2.75) is 38.3 Å². The number of benzene rings is 1. The SMILES string of the molecule is CCC1OCCC1C(N)Cc1cccc(F)c1. The number of rotatable bonds is 4. The molecule has 0 aliphatic carbocycles. The summed E-state index contributed by atoms with van der Waals surface area (Å²) in [5.74, 6) is 0.215. The summed E-state index contributed by atoms with van der Waals surface area (Å²) in [4.78, 5) is 0. The molecule has 1 heterocycles. The van der Waals surface area contributed by atoms with E-state index in [1.165, 1.54) is 6.07 Å². The Morgan fingerprint density at radius 3 is 3.06 bits per heavy atom. The first-order chi connectivity index (χ1) is 8.20. The van der Waals surface area contributed by atoms with E-state index in [1.807, 2.05) is 6.07 Å². The number of ether oxygens (including phenoxy) is 1. The first-order valence-electron chi connectivity index (χ1n) is 6.32. The van der Waals surface area contributed by atoms with Crippen LogP contribution in [0.15, 0.2) is 24.3 Å². The van der Waals surface area contributed by atoms with Crippen LogP contribution < -0.4 is 5.73 Å². The monoisotopic (exact) mass is 237 g/mol. The van der Waals surface area contributed by atoms with Gasteiger partial charge in [-0.25, -0.2) is 4.39 Å². The van der Waals surface area contributed by atoms with Crippen LogP contribution in [0.2, 0.25) is 0 Å². The molecule has 1 fully saturated rings. The van der Waals surface area contributed by atoms with E-state index in [4.69, 9.17) is 10.5 Å². The van der Waals surface area contributed by atoms with E-state index >= 15 is 0 Å². The Labute approximate surface area is 102 Å². The number of nitrogens with two attached hydrogens (primary N) is 1. The van der Waals surface area contributed by atoms with Gasteiger partial charge in [-0.1, -0.05) is 19.1 Å². The van der Waals surface area contributed by atoms with Gasteiger partial charge in [0.05, 0.1) is 6.10 Å². The van der Waals surface area contributed by atoms with Crippen molar-refractivity contribution >= 4 is 0 Å². The first-order valence-corrected chi connectivity index (χ1v) is 6.32. The minimum Gasteiger partial charge on any atom is -0.378 e. The van der Waals surface area contributed by atoms with Gasteiger partial charge >= 0.3 is 0 Å². The number of hydrogen-bond acceptors (Lipinski definition) is 2. The van der Waals surface area contributed by atoms with Crippen molar-refractivity contribution in [2.75, 3.05) is 6.61 Å². The van der Waals surface area contributed by atoms with Crippen molar-refractivity contribution < 1.29 is 9.13 Å². The minimum absolute atomic E-state index is 0.0595. The van der Waals surface area contributed by atoms with Crippen molar-refractivity contribution in [3.05, 3.63) is 35.6 Å². The second-order valence-corrected chi connectivity index (χ2v) is 4.77. The molecular weight excluding hydrogens is 217 g/mol. The van der Waals surface area contributed by atoms with Crippen molar-refractivity contribution in [3.63, 3.8) is 0 Å². The Morgan fingerprint density at radius 2 is 2.35 bits per heavy atom. The molecule has 17 heavy (non-hydrogen) atoms. The van der Waals surface area contributed by atoms with Gasteiger partial charge in [0, 0.05) is 18.6 Å². The second-order valence-electron chi connectivity index (χ2n) is 4.77. The lowest BCUT2D eigenvalue weighted by Crippen LogP contribution is -2.36. The number of halogens is 1. The van der Waals surface area contributed by atoms with E-state index in [2.05, 4.69) is 6.92 Å². The summed E-state index contributed by atoms with van der Waals surface area (Å²) in [6.07, 6.45) is 3.03. The molecule has 3 unspecified atom stereocenters. The van der Waals surface area contributed by atoms with Crippen LogP contribution >= 0.6 is 0 Å². The highest BCUT2D eigenvalue weighted by molar-refractivity contribution is 5.17. The van der Waals surface area contributed by atoms with Gasteiger partial charge in [-0.2, -0.15) is 0 Å². The lowest BCUT2D eigenvalue weighted by atomic mass is 9.88. The van der Waals surface area contributed by atoms with E-state index in [9.17, 15) is 4.39 Å². The van der Waals surface area contributed by atoms with Crippen molar-refractivity contribution in [2.24, 2.45) is 11.7 Å². The van der Waals surface area contributed by atoms with Crippen LogP contribution in [-0.2, 0) is 11.2 Å². The van der Waals surface area contributed by atoms with Gasteiger partial charge in [-0.15, -0.1) is 0 Å². The quantitative estimate of drug-likeness (QED) is 0.873. The highest BCUT2D eigenvalue weighted by atomic mass is 19.1. The molecule has 1 aromatic rings. The molecule has 2 N–H and O–H groups in total. The van der Waals surface area contributed by atoms with Crippen LogP contribution in [0.5, 0.6) is 0 Å². The molecule has 0 bridgehead atoms. The molecular formula is C14H20FNO. The molecule has 0 spiro atoms. The molecule has 1 saturated heterocycles. The van der Waals surface area contributed by atoms with E-state index in [1.54, 1.807) is 12.1 Å². The maximum absolute atomic E-state index is 13.1.